The van der Waals surface area contributed by atoms with Gasteiger partial charge in [-0.05, 0) is 45.1 Å². The van der Waals surface area contributed by atoms with E-state index < -0.39 is 0 Å². The van der Waals surface area contributed by atoms with Crippen LogP contribution in [0.3, 0.4) is 0 Å². The van der Waals surface area contributed by atoms with E-state index in [9.17, 15) is 4.79 Å². The molecular weight excluding hydrogens is 394 g/mol. The van der Waals surface area contributed by atoms with Crippen LogP contribution in [0.5, 0.6) is 0 Å². The first-order valence-corrected chi connectivity index (χ1v) is 11.5. The molecule has 3 aromatic rings. The van der Waals surface area contributed by atoms with Gasteiger partial charge in [-0.25, -0.2) is 4.98 Å². The summed E-state index contributed by atoms with van der Waals surface area (Å²) >= 11 is 3.27. The molecule has 5 rings (SSSR count). The van der Waals surface area contributed by atoms with Gasteiger partial charge in [0.05, 0.1) is 23.8 Å². The fourth-order valence-corrected chi connectivity index (χ4v) is 6.39. The zero-order valence-electron chi connectivity index (χ0n) is 16.1. The summed E-state index contributed by atoms with van der Waals surface area (Å²) in [5, 5.41) is 10.7. The molecule has 0 aromatic carbocycles. The third-order valence-electron chi connectivity index (χ3n) is 5.55. The fourth-order valence-electron chi connectivity index (χ4n) is 4.11. The summed E-state index contributed by atoms with van der Waals surface area (Å²) in [5.74, 6) is 1.00. The van der Waals surface area contributed by atoms with Crippen molar-refractivity contribution in [3.63, 3.8) is 0 Å². The maximum atomic E-state index is 12.8. The highest BCUT2D eigenvalue weighted by atomic mass is 32.2. The first-order valence-electron chi connectivity index (χ1n) is 9.82. The molecule has 1 aliphatic carbocycles. The number of nitrogens with zero attached hydrogens (tertiary/aromatic N) is 5. The Morgan fingerprint density at radius 1 is 1.21 bits per heavy atom. The molecule has 1 aliphatic heterocycles. The second-order valence-electron chi connectivity index (χ2n) is 7.39. The summed E-state index contributed by atoms with van der Waals surface area (Å²) in [7, 11) is 0. The van der Waals surface area contributed by atoms with Crippen LogP contribution in [0.1, 0.15) is 36.0 Å². The van der Waals surface area contributed by atoms with E-state index in [2.05, 4.69) is 10.2 Å². The van der Waals surface area contributed by atoms with Gasteiger partial charge in [0.25, 0.3) is 0 Å². The van der Waals surface area contributed by atoms with Crippen LogP contribution < -0.4 is 0 Å². The van der Waals surface area contributed by atoms with Crippen molar-refractivity contribution in [1.82, 2.24) is 24.5 Å². The van der Waals surface area contributed by atoms with E-state index in [0.717, 1.165) is 39.7 Å². The van der Waals surface area contributed by atoms with Crippen molar-refractivity contribution in [1.29, 1.82) is 0 Å². The Labute approximate surface area is 171 Å². The van der Waals surface area contributed by atoms with E-state index in [1.165, 1.54) is 35.0 Å². The van der Waals surface area contributed by atoms with E-state index in [1.54, 1.807) is 11.3 Å². The molecule has 1 unspecified atom stereocenters. The van der Waals surface area contributed by atoms with Gasteiger partial charge in [0.1, 0.15) is 10.7 Å². The fraction of sp³-hybridized carbons (Fsp3) is 0.579. The molecule has 1 fully saturated rings. The Balaban J connectivity index is 1.51. The number of hydrogen-bond acceptors (Lipinski definition) is 7. The molecule has 7 nitrogen and oxygen atoms in total. The molecule has 28 heavy (non-hydrogen) atoms. The van der Waals surface area contributed by atoms with E-state index >= 15 is 0 Å². The molecule has 1 amide bonds. The van der Waals surface area contributed by atoms with Gasteiger partial charge in [-0.3, -0.25) is 9.20 Å². The topological polar surface area (TPSA) is 72.6 Å². The molecule has 1 atom stereocenters. The van der Waals surface area contributed by atoms with E-state index in [1.807, 2.05) is 23.1 Å². The Bertz CT molecular complexity index is 1050. The minimum absolute atomic E-state index is 0.129. The molecular formula is C19H23N5O2S2. The number of thiophene rings is 1. The summed E-state index contributed by atoms with van der Waals surface area (Å²) in [6, 6.07) is 0. The van der Waals surface area contributed by atoms with Crippen LogP contribution in [-0.4, -0.2) is 61.9 Å². The standard InChI is InChI=1S/C19H23N5O2S2/c1-11(18(25)23-7-9-26-10-8-23)27-19-22-21-16-15-13-5-3-4-6-14(13)28-17(15)20-12(2)24(16)19/h11H,3-10H2,1-2H3. The smallest absolute Gasteiger partial charge is 0.236 e. The van der Waals surface area contributed by atoms with Crippen molar-refractivity contribution in [3.8, 4) is 0 Å². The summed E-state index contributed by atoms with van der Waals surface area (Å²) < 4.78 is 7.38. The average molecular weight is 418 g/mol. The lowest BCUT2D eigenvalue weighted by atomic mass is 9.97. The van der Waals surface area contributed by atoms with Crippen LogP contribution in [-0.2, 0) is 22.4 Å². The van der Waals surface area contributed by atoms with Crippen molar-refractivity contribution in [2.24, 2.45) is 0 Å². The molecule has 1 saturated heterocycles. The highest BCUT2D eigenvalue weighted by molar-refractivity contribution is 8.00. The predicted octanol–water partition coefficient (Wildman–Crippen LogP) is 2.87. The average Bonchev–Trinajstić information content (AvgIpc) is 3.29. The van der Waals surface area contributed by atoms with Crippen molar-refractivity contribution >= 4 is 44.9 Å². The maximum Gasteiger partial charge on any atom is 0.236 e. The molecule has 3 aromatic heterocycles. The lowest BCUT2D eigenvalue weighted by Gasteiger charge is -2.28. The summed E-state index contributed by atoms with van der Waals surface area (Å²) in [5.41, 5.74) is 2.29. The number of amides is 1. The van der Waals surface area contributed by atoms with Gasteiger partial charge < -0.3 is 9.64 Å². The zero-order chi connectivity index (χ0) is 19.3. The number of thioether (sulfide) groups is 1. The van der Waals surface area contributed by atoms with Crippen molar-refractivity contribution in [3.05, 3.63) is 16.3 Å². The van der Waals surface area contributed by atoms with Crippen LogP contribution in [0.15, 0.2) is 5.16 Å². The highest BCUT2D eigenvalue weighted by Crippen LogP contribution is 2.38. The Kier molecular flexibility index (Phi) is 4.76. The number of morpholine rings is 1. The van der Waals surface area contributed by atoms with Crippen LogP contribution in [0.2, 0.25) is 0 Å². The third-order valence-corrected chi connectivity index (χ3v) is 7.77. The summed E-state index contributed by atoms with van der Waals surface area (Å²) in [4.78, 5) is 22.0. The van der Waals surface area contributed by atoms with E-state index in [0.29, 0.717) is 26.3 Å². The van der Waals surface area contributed by atoms with Gasteiger partial charge in [-0.1, -0.05) is 11.8 Å². The summed E-state index contributed by atoms with van der Waals surface area (Å²) in [6.45, 7) is 6.48. The van der Waals surface area contributed by atoms with Gasteiger partial charge >= 0.3 is 0 Å². The largest absolute Gasteiger partial charge is 0.378 e. The highest BCUT2D eigenvalue weighted by Gasteiger charge is 2.27. The lowest BCUT2D eigenvalue weighted by molar-refractivity contribution is -0.134. The number of carbonyl (C=O) groups is 1. The monoisotopic (exact) mass is 417 g/mol. The molecule has 2 aliphatic rings. The second-order valence-corrected chi connectivity index (χ2v) is 9.78. The van der Waals surface area contributed by atoms with Crippen LogP contribution in [0, 0.1) is 6.92 Å². The number of carbonyl (C=O) groups excluding carboxylic acids is 1. The number of rotatable bonds is 3. The van der Waals surface area contributed by atoms with Crippen molar-refractivity contribution < 1.29 is 9.53 Å². The number of aryl methyl sites for hydroxylation is 3. The normalized spacial score (nSPS) is 18.6. The summed E-state index contributed by atoms with van der Waals surface area (Å²) in [6.07, 6.45) is 4.71. The molecule has 9 heteroatoms. The van der Waals surface area contributed by atoms with Crippen LogP contribution in [0.4, 0.5) is 0 Å². The van der Waals surface area contributed by atoms with Gasteiger partial charge in [-0.15, -0.1) is 21.5 Å². The van der Waals surface area contributed by atoms with Crippen LogP contribution in [0.25, 0.3) is 15.9 Å². The van der Waals surface area contributed by atoms with Gasteiger partial charge in [0, 0.05) is 18.0 Å². The molecule has 0 saturated carbocycles. The number of aromatic nitrogens is 4. The van der Waals surface area contributed by atoms with Gasteiger partial charge in [0.15, 0.2) is 10.8 Å². The van der Waals surface area contributed by atoms with Crippen molar-refractivity contribution in [2.45, 2.75) is 49.9 Å². The van der Waals surface area contributed by atoms with E-state index in [-0.39, 0.29) is 11.2 Å². The SMILES string of the molecule is Cc1nc2sc3c(c2c2nnc(SC(C)C(=O)N4CCOCC4)n12)CCCC3. The Morgan fingerprint density at radius 3 is 2.82 bits per heavy atom. The second kappa shape index (κ2) is 7.27. The van der Waals surface area contributed by atoms with Gasteiger partial charge in [0.2, 0.25) is 5.91 Å². The van der Waals surface area contributed by atoms with Crippen LogP contribution >= 0.6 is 23.1 Å². The molecule has 148 valence electrons. The number of hydrogen-bond donors (Lipinski definition) is 0. The zero-order valence-corrected chi connectivity index (χ0v) is 17.7. The molecule has 0 N–H and O–H groups in total. The van der Waals surface area contributed by atoms with Crippen molar-refractivity contribution in [2.75, 3.05) is 26.3 Å². The minimum Gasteiger partial charge on any atom is -0.378 e. The predicted molar refractivity (Wildman–Crippen MR) is 110 cm³/mol. The first kappa shape index (κ1) is 18.3. The van der Waals surface area contributed by atoms with Gasteiger partial charge in [-0.2, -0.15) is 0 Å². The first-order chi connectivity index (χ1) is 13.6. The lowest BCUT2D eigenvalue weighted by Crippen LogP contribution is -2.44. The van der Waals surface area contributed by atoms with E-state index in [4.69, 9.17) is 9.72 Å². The third kappa shape index (κ3) is 3.00. The Hall–Kier alpha value is -1.71. The maximum absolute atomic E-state index is 12.8. The number of ether oxygens (including phenoxy) is 1. The molecule has 0 radical (unpaired) electrons. The molecule has 0 bridgehead atoms. The minimum atomic E-state index is -0.225. The molecule has 0 spiro atoms. The number of fused-ring (bicyclic) bond motifs is 5. The molecule has 4 heterocycles. The Morgan fingerprint density at radius 2 is 2.00 bits per heavy atom. The quantitative estimate of drug-likeness (QED) is 0.610.